The summed E-state index contributed by atoms with van der Waals surface area (Å²) in [7, 11) is 0. The van der Waals surface area contributed by atoms with E-state index in [2.05, 4.69) is 10.5 Å². The maximum absolute atomic E-state index is 12.1. The Hall–Kier alpha value is -2.34. The Morgan fingerprint density at radius 3 is 2.65 bits per heavy atom. The van der Waals surface area contributed by atoms with E-state index < -0.39 is 0 Å². The van der Waals surface area contributed by atoms with Gasteiger partial charge in [-0.3, -0.25) is 4.79 Å². The Balaban J connectivity index is 2.26. The highest BCUT2D eigenvalue weighted by Gasteiger charge is 2.11. The van der Waals surface area contributed by atoms with Crippen LogP contribution >= 0.6 is 11.3 Å². The fourth-order valence-corrected chi connectivity index (χ4v) is 2.48. The van der Waals surface area contributed by atoms with Gasteiger partial charge in [-0.05, 0) is 37.6 Å². The van der Waals surface area contributed by atoms with Crippen LogP contribution in [-0.4, -0.2) is 17.0 Å². The van der Waals surface area contributed by atoms with Crippen LogP contribution in [0.15, 0.2) is 35.5 Å². The number of nitrogens with zero attached hydrogens (tertiary/aromatic N) is 1. The van der Waals surface area contributed by atoms with Crippen LogP contribution in [-0.2, 0) is 0 Å². The first kappa shape index (κ1) is 14.1. The zero-order valence-corrected chi connectivity index (χ0v) is 12.0. The van der Waals surface area contributed by atoms with Crippen molar-refractivity contribution in [1.82, 2.24) is 0 Å². The average Bonchev–Trinajstić information content (AvgIpc) is 2.87. The van der Waals surface area contributed by atoms with Crippen molar-refractivity contribution in [1.29, 1.82) is 0 Å². The molecular weight excluding hydrogens is 274 g/mol. The normalized spacial score (nSPS) is 11.4. The first-order chi connectivity index (χ1) is 9.51. The van der Waals surface area contributed by atoms with E-state index >= 15 is 0 Å². The van der Waals surface area contributed by atoms with Crippen LogP contribution in [0.4, 0.5) is 5.69 Å². The number of hydrogen-bond donors (Lipinski definition) is 3. The lowest BCUT2D eigenvalue weighted by Gasteiger charge is -2.09. The van der Waals surface area contributed by atoms with Crippen LogP contribution in [0.25, 0.3) is 0 Å². The summed E-state index contributed by atoms with van der Waals surface area (Å²) in [5, 5.41) is 14.5. The van der Waals surface area contributed by atoms with Gasteiger partial charge in [-0.25, -0.2) is 0 Å². The van der Waals surface area contributed by atoms with E-state index in [0.29, 0.717) is 16.1 Å². The molecule has 1 heterocycles. The van der Waals surface area contributed by atoms with Gasteiger partial charge in [-0.1, -0.05) is 17.3 Å². The van der Waals surface area contributed by atoms with Gasteiger partial charge in [0.2, 0.25) is 0 Å². The van der Waals surface area contributed by atoms with Crippen LogP contribution in [0.2, 0.25) is 0 Å². The number of oxime groups is 1. The number of aryl methyl sites for hydroxylation is 2. The largest absolute Gasteiger partial charge is 0.409 e. The van der Waals surface area contributed by atoms with Crippen LogP contribution < -0.4 is 11.1 Å². The third-order valence-corrected chi connectivity index (χ3v) is 3.85. The maximum atomic E-state index is 12.1. The van der Waals surface area contributed by atoms with Gasteiger partial charge in [0.15, 0.2) is 5.84 Å². The van der Waals surface area contributed by atoms with Crippen molar-refractivity contribution < 1.29 is 10.0 Å². The Morgan fingerprint density at radius 1 is 1.30 bits per heavy atom. The fraction of sp³-hybridized carbons (Fsp3) is 0.143. The van der Waals surface area contributed by atoms with Crippen LogP contribution in [0.3, 0.4) is 0 Å². The molecule has 0 radical (unpaired) electrons. The zero-order valence-electron chi connectivity index (χ0n) is 11.2. The molecule has 0 spiro atoms. The van der Waals surface area contributed by atoms with E-state index in [9.17, 15) is 4.79 Å². The number of benzene rings is 1. The van der Waals surface area contributed by atoms with Gasteiger partial charge in [-0.2, -0.15) is 0 Å². The van der Waals surface area contributed by atoms with E-state index in [-0.39, 0.29) is 11.7 Å². The van der Waals surface area contributed by atoms with E-state index in [1.165, 1.54) is 11.3 Å². The fourth-order valence-electron chi connectivity index (χ4n) is 1.71. The molecule has 20 heavy (non-hydrogen) atoms. The van der Waals surface area contributed by atoms with Gasteiger partial charge in [-0.15, -0.1) is 11.3 Å². The van der Waals surface area contributed by atoms with E-state index in [0.717, 1.165) is 10.4 Å². The monoisotopic (exact) mass is 289 g/mol. The van der Waals surface area contributed by atoms with Crippen LogP contribution in [0, 0.1) is 13.8 Å². The highest BCUT2D eigenvalue weighted by atomic mass is 32.1. The Morgan fingerprint density at radius 2 is 2.05 bits per heavy atom. The summed E-state index contributed by atoms with van der Waals surface area (Å²) < 4.78 is 0. The number of thiophene rings is 1. The highest BCUT2D eigenvalue weighted by molar-refractivity contribution is 7.14. The predicted octanol–water partition coefficient (Wildman–Crippen LogP) is 2.71. The van der Waals surface area contributed by atoms with Crippen molar-refractivity contribution in [2.24, 2.45) is 10.9 Å². The summed E-state index contributed by atoms with van der Waals surface area (Å²) in [6.45, 7) is 3.83. The first-order valence-corrected chi connectivity index (χ1v) is 6.79. The number of carbonyl (C=O) groups is 1. The molecule has 1 aromatic carbocycles. The third-order valence-electron chi connectivity index (χ3n) is 2.85. The Bertz CT molecular complexity index is 677. The molecule has 6 heteroatoms. The average molecular weight is 289 g/mol. The molecule has 0 saturated heterocycles. The molecule has 0 aliphatic heterocycles. The van der Waals surface area contributed by atoms with Crippen molar-refractivity contribution in [2.45, 2.75) is 13.8 Å². The summed E-state index contributed by atoms with van der Waals surface area (Å²) in [5.74, 6) is -0.157. The number of anilines is 1. The Kier molecular flexibility index (Phi) is 4.05. The number of amides is 1. The topological polar surface area (TPSA) is 87.7 Å². The number of rotatable bonds is 3. The number of nitrogens with one attached hydrogen (secondary N) is 1. The number of amidine groups is 1. The lowest BCUT2D eigenvalue weighted by molar-refractivity contribution is 0.103. The molecule has 0 unspecified atom stereocenters. The summed E-state index contributed by atoms with van der Waals surface area (Å²) in [4.78, 5) is 13.8. The maximum Gasteiger partial charge on any atom is 0.265 e. The number of nitrogens with two attached hydrogens (primary N) is 1. The lowest BCUT2D eigenvalue weighted by Crippen LogP contribution is -2.15. The molecule has 5 nitrogen and oxygen atoms in total. The van der Waals surface area contributed by atoms with Crippen LogP contribution in [0.1, 0.15) is 25.7 Å². The zero-order chi connectivity index (χ0) is 14.7. The minimum atomic E-state index is -0.164. The molecule has 0 atom stereocenters. The van der Waals surface area contributed by atoms with Gasteiger partial charge in [0, 0.05) is 16.1 Å². The number of carbonyl (C=O) groups excluding carboxylic acids is 1. The summed E-state index contributed by atoms with van der Waals surface area (Å²) in [5.41, 5.74) is 7.65. The number of hydrogen-bond acceptors (Lipinski definition) is 4. The molecular formula is C14H15N3O2S. The van der Waals surface area contributed by atoms with Crippen LogP contribution in [0.5, 0.6) is 0 Å². The van der Waals surface area contributed by atoms with Gasteiger partial charge in [0.1, 0.15) is 0 Å². The summed E-state index contributed by atoms with van der Waals surface area (Å²) in [6, 6.07) is 8.91. The molecule has 2 aromatic rings. The Labute approximate surface area is 120 Å². The molecule has 1 aromatic heterocycles. The van der Waals surface area contributed by atoms with E-state index in [4.69, 9.17) is 10.9 Å². The SMILES string of the molecule is Cc1ccc(C(=O)Nc2cc(C(N)=NO)ccc2C)s1. The smallest absolute Gasteiger partial charge is 0.265 e. The molecule has 0 aliphatic rings. The van der Waals surface area contributed by atoms with E-state index in [1.807, 2.05) is 26.0 Å². The lowest BCUT2D eigenvalue weighted by atomic mass is 10.1. The van der Waals surface area contributed by atoms with Gasteiger partial charge >= 0.3 is 0 Å². The summed E-state index contributed by atoms with van der Waals surface area (Å²) >= 11 is 1.44. The molecule has 2 rings (SSSR count). The first-order valence-electron chi connectivity index (χ1n) is 5.97. The quantitative estimate of drug-likeness (QED) is 0.351. The van der Waals surface area contributed by atoms with Gasteiger partial charge in [0.25, 0.3) is 5.91 Å². The molecule has 0 bridgehead atoms. The standard InChI is InChI=1S/C14H15N3O2S/c1-8-3-5-10(13(15)17-19)7-11(8)16-14(18)12-6-4-9(2)20-12/h3-7,19H,1-2H3,(H2,15,17)(H,16,18). The third kappa shape index (κ3) is 2.97. The van der Waals surface area contributed by atoms with Crippen molar-refractivity contribution in [2.75, 3.05) is 5.32 Å². The molecule has 1 amide bonds. The second-order valence-corrected chi connectivity index (χ2v) is 5.67. The molecule has 0 aliphatic carbocycles. The van der Waals surface area contributed by atoms with Gasteiger partial charge < -0.3 is 16.3 Å². The molecule has 104 valence electrons. The molecule has 0 saturated carbocycles. The molecule has 4 N–H and O–H groups in total. The van der Waals surface area contributed by atoms with Crippen molar-refractivity contribution >= 4 is 28.8 Å². The van der Waals surface area contributed by atoms with Gasteiger partial charge in [0.05, 0.1) is 4.88 Å². The second-order valence-electron chi connectivity index (χ2n) is 4.38. The van der Waals surface area contributed by atoms with E-state index in [1.54, 1.807) is 18.2 Å². The molecule has 0 fully saturated rings. The van der Waals surface area contributed by atoms with Crippen molar-refractivity contribution in [3.8, 4) is 0 Å². The minimum Gasteiger partial charge on any atom is -0.409 e. The van der Waals surface area contributed by atoms with Crippen molar-refractivity contribution in [3.05, 3.63) is 51.2 Å². The predicted molar refractivity (Wildman–Crippen MR) is 80.7 cm³/mol. The highest BCUT2D eigenvalue weighted by Crippen LogP contribution is 2.20. The summed E-state index contributed by atoms with van der Waals surface area (Å²) in [6.07, 6.45) is 0. The minimum absolute atomic E-state index is 0.00691. The van der Waals surface area contributed by atoms with Crippen molar-refractivity contribution in [3.63, 3.8) is 0 Å². The second kappa shape index (κ2) is 5.75.